The van der Waals surface area contributed by atoms with E-state index in [0.717, 1.165) is 12.1 Å². The summed E-state index contributed by atoms with van der Waals surface area (Å²) in [6, 6.07) is 5.44. The molecule has 0 aliphatic carbocycles. The van der Waals surface area contributed by atoms with Gasteiger partial charge < -0.3 is 14.8 Å². The van der Waals surface area contributed by atoms with Crippen molar-refractivity contribution >= 4 is 17.6 Å². The predicted molar refractivity (Wildman–Crippen MR) is 78.0 cm³/mol. The number of carbonyl (C=O) groups is 1. The lowest BCUT2D eigenvalue weighted by atomic mass is 10.1. The molecule has 1 N–H and O–H groups in total. The first-order chi connectivity index (χ1) is 9.56. The number of rotatable bonds is 6. The fraction of sp³-hybridized carbons (Fsp3) is 0.533. The molecule has 1 heterocycles. The Bertz CT molecular complexity index is 476. The highest BCUT2D eigenvalue weighted by Crippen LogP contribution is 2.25. The third-order valence-corrected chi connectivity index (χ3v) is 3.28. The second-order valence-electron chi connectivity index (χ2n) is 5.34. The number of nitrogens with one attached hydrogen (secondary N) is 1. The SMILES string of the molecule is CC(C)CNCc1cc(Cl)ccc1OC1CCOC1=O. The third-order valence-electron chi connectivity index (χ3n) is 3.05. The van der Waals surface area contributed by atoms with E-state index in [1.165, 1.54) is 0 Å². The number of cyclic esters (lactones) is 1. The zero-order chi connectivity index (χ0) is 14.5. The zero-order valence-electron chi connectivity index (χ0n) is 11.8. The summed E-state index contributed by atoms with van der Waals surface area (Å²) >= 11 is 6.03. The summed E-state index contributed by atoms with van der Waals surface area (Å²) in [5, 5.41) is 4.01. The van der Waals surface area contributed by atoms with Crippen LogP contribution < -0.4 is 10.1 Å². The molecule has 0 bridgehead atoms. The average Bonchev–Trinajstić information content (AvgIpc) is 2.78. The summed E-state index contributed by atoms with van der Waals surface area (Å²) in [6.45, 7) is 6.30. The average molecular weight is 298 g/mol. The Morgan fingerprint density at radius 3 is 2.95 bits per heavy atom. The van der Waals surface area contributed by atoms with E-state index in [1.807, 2.05) is 6.07 Å². The molecule has 1 aromatic carbocycles. The first-order valence-electron chi connectivity index (χ1n) is 6.88. The van der Waals surface area contributed by atoms with Gasteiger partial charge in [0, 0.05) is 23.6 Å². The van der Waals surface area contributed by atoms with Crippen LogP contribution in [0.1, 0.15) is 25.8 Å². The van der Waals surface area contributed by atoms with Crippen LogP contribution in [0.4, 0.5) is 0 Å². The van der Waals surface area contributed by atoms with Crippen LogP contribution in [0, 0.1) is 5.92 Å². The van der Waals surface area contributed by atoms with Gasteiger partial charge in [-0.2, -0.15) is 0 Å². The molecule has 0 amide bonds. The van der Waals surface area contributed by atoms with Crippen LogP contribution in [0.25, 0.3) is 0 Å². The smallest absolute Gasteiger partial charge is 0.347 e. The Labute approximate surface area is 124 Å². The molecular weight excluding hydrogens is 278 g/mol. The molecule has 4 nitrogen and oxygen atoms in total. The number of hydrogen-bond donors (Lipinski definition) is 1. The van der Waals surface area contributed by atoms with Crippen LogP contribution in [0.3, 0.4) is 0 Å². The van der Waals surface area contributed by atoms with Crippen molar-refractivity contribution in [3.8, 4) is 5.75 Å². The molecule has 5 heteroatoms. The van der Waals surface area contributed by atoms with Gasteiger partial charge in [0.15, 0.2) is 6.10 Å². The topological polar surface area (TPSA) is 47.6 Å². The fourth-order valence-corrected chi connectivity index (χ4v) is 2.23. The molecule has 1 aliphatic heterocycles. The minimum Gasteiger partial charge on any atom is -0.478 e. The lowest BCUT2D eigenvalue weighted by molar-refractivity contribution is -0.143. The lowest BCUT2D eigenvalue weighted by Gasteiger charge is -2.15. The summed E-state index contributed by atoms with van der Waals surface area (Å²) in [6.07, 6.45) is 0.0976. The molecule has 0 radical (unpaired) electrons. The standard InChI is InChI=1S/C15H20ClNO3/c1-10(2)8-17-9-11-7-12(16)3-4-13(11)20-14-5-6-19-15(14)18/h3-4,7,10,14,17H,5-6,8-9H2,1-2H3. The molecule has 20 heavy (non-hydrogen) atoms. The zero-order valence-corrected chi connectivity index (χ0v) is 12.6. The van der Waals surface area contributed by atoms with Gasteiger partial charge in [-0.05, 0) is 30.7 Å². The molecule has 1 saturated heterocycles. The van der Waals surface area contributed by atoms with E-state index in [1.54, 1.807) is 12.1 Å². The Morgan fingerprint density at radius 1 is 1.50 bits per heavy atom. The van der Waals surface area contributed by atoms with Crippen LogP contribution >= 0.6 is 11.6 Å². The highest BCUT2D eigenvalue weighted by Gasteiger charge is 2.29. The van der Waals surface area contributed by atoms with Crippen molar-refractivity contribution in [1.29, 1.82) is 0 Å². The summed E-state index contributed by atoms with van der Waals surface area (Å²) in [7, 11) is 0. The second-order valence-corrected chi connectivity index (χ2v) is 5.78. The van der Waals surface area contributed by atoms with Crippen LogP contribution in [0.2, 0.25) is 5.02 Å². The van der Waals surface area contributed by atoms with Gasteiger partial charge in [-0.25, -0.2) is 4.79 Å². The molecular formula is C15H20ClNO3. The highest BCUT2D eigenvalue weighted by molar-refractivity contribution is 6.30. The van der Waals surface area contributed by atoms with Crippen molar-refractivity contribution in [1.82, 2.24) is 5.32 Å². The highest BCUT2D eigenvalue weighted by atomic mass is 35.5. The number of carbonyl (C=O) groups excluding carboxylic acids is 1. The van der Waals surface area contributed by atoms with Crippen molar-refractivity contribution in [3.63, 3.8) is 0 Å². The van der Waals surface area contributed by atoms with Gasteiger partial charge in [0.05, 0.1) is 6.61 Å². The summed E-state index contributed by atoms with van der Waals surface area (Å²) in [5.41, 5.74) is 0.956. The van der Waals surface area contributed by atoms with E-state index in [4.69, 9.17) is 21.1 Å². The van der Waals surface area contributed by atoms with E-state index in [0.29, 0.717) is 36.3 Å². The van der Waals surface area contributed by atoms with Gasteiger partial charge in [0.2, 0.25) is 0 Å². The lowest BCUT2D eigenvalue weighted by Crippen LogP contribution is -2.24. The molecule has 110 valence electrons. The maximum atomic E-state index is 11.5. The first kappa shape index (κ1) is 15.1. The number of benzene rings is 1. The third kappa shape index (κ3) is 4.12. The number of halogens is 1. The molecule has 1 aromatic rings. The Kier molecular flexibility index (Phi) is 5.26. The summed E-state index contributed by atoms with van der Waals surface area (Å²) in [4.78, 5) is 11.5. The van der Waals surface area contributed by atoms with E-state index in [-0.39, 0.29) is 5.97 Å². The van der Waals surface area contributed by atoms with Crippen molar-refractivity contribution < 1.29 is 14.3 Å². The first-order valence-corrected chi connectivity index (χ1v) is 7.26. The molecule has 2 rings (SSSR count). The maximum absolute atomic E-state index is 11.5. The quantitative estimate of drug-likeness (QED) is 0.820. The molecule has 0 spiro atoms. The molecule has 1 fully saturated rings. The number of ether oxygens (including phenoxy) is 2. The monoisotopic (exact) mass is 297 g/mol. The van der Waals surface area contributed by atoms with Gasteiger partial charge >= 0.3 is 5.97 Å². The number of esters is 1. The van der Waals surface area contributed by atoms with E-state index < -0.39 is 6.10 Å². The van der Waals surface area contributed by atoms with Crippen molar-refractivity contribution in [3.05, 3.63) is 28.8 Å². The normalized spacial score (nSPS) is 18.4. The molecule has 0 aromatic heterocycles. The van der Waals surface area contributed by atoms with E-state index in [9.17, 15) is 4.79 Å². The van der Waals surface area contributed by atoms with Crippen LogP contribution in [-0.4, -0.2) is 25.2 Å². The predicted octanol–water partition coefficient (Wildman–Crippen LogP) is 2.78. The fourth-order valence-electron chi connectivity index (χ4n) is 2.03. The maximum Gasteiger partial charge on any atom is 0.347 e. The minimum absolute atomic E-state index is 0.291. The molecule has 1 atom stereocenters. The largest absolute Gasteiger partial charge is 0.478 e. The van der Waals surface area contributed by atoms with Gasteiger partial charge in [0.1, 0.15) is 5.75 Å². The van der Waals surface area contributed by atoms with Crippen LogP contribution in [0.15, 0.2) is 18.2 Å². The molecule has 1 aliphatic rings. The summed E-state index contributed by atoms with van der Waals surface area (Å²) in [5.74, 6) is 0.971. The van der Waals surface area contributed by atoms with Crippen molar-refractivity contribution in [2.75, 3.05) is 13.2 Å². The summed E-state index contributed by atoms with van der Waals surface area (Å²) < 4.78 is 10.7. The number of hydrogen-bond acceptors (Lipinski definition) is 4. The van der Waals surface area contributed by atoms with Crippen LogP contribution in [-0.2, 0) is 16.1 Å². The second kappa shape index (κ2) is 6.95. The Hall–Kier alpha value is -1.26. The van der Waals surface area contributed by atoms with Gasteiger partial charge in [-0.15, -0.1) is 0 Å². The molecule has 0 saturated carbocycles. The Balaban J connectivity index is 2.04. The molecule has 1 unspecified atom stereocenters. The van der Waals surface area contributed by atoms with Gasteiger partial charge in [0.25, 0.3) is 0 Å². The van der Waals surface area contributed by atoms with Gasteiger partial charge in [-0.1, -0.05) is 25.4 Å². The minimum atomic E-state index is -0.500. The van der Waals surface area contributed by atoms with Crippen molar-refractivity contribution in [2.24, 2.45) is 5.92 Å². The van der Waals surface area contributed by atoms with Gasteiger partial charge in [-0.3, -0.25) is 0 Å². The van der Waals surface area contributed by atoms with E-state index in [2.05, 4.69) is 19.2 Å². The van der Waals surface area contributed by atoms with Crippen LogP contribution in [0.5, 0.6) is 5.75 Å². The van der Waals surface area contributed by atoms with E-state index >= 15 is 0 Å². The Morgan fingerprint density at radius 2 is 2.30 bits per heavy atom. The van der Waals surface area contributed by atoms with Crippen molar-refractivity contribution in [2.45, 2.75) is 32.9 Å².